The molecule has 0 atom stereocenters. The lowest BCUT2D eigenvalue weighted by molar-refractivity contribution is 0.0824. The van der Waals surface area contributed by atoms with Gasteiger partial charge in [0.05, 0.1) is 25.7 Å². The molecule has 0 aliphatic heterocycles. The number of benzene rings is 1. The van der Waals surface area contributed by atoms with Crippen molar-refractivity contribution in [1.82, 2.24) is 0 Å². The SMILES string of the molecule is CC1(C(=O)c2c(Cl)cc(Cl)c(Cl)c2Cl)CCCC1. The molecule has 5 heteroatoms. The third-order valence-corrected chi connectivity index (χ3v) is 5.16. The summed E-state index contributed by atoms with van der Waals surface area (Å²) in [5, 5.41) is 0.882. The highest BCUT2D eigenvalue weighted by molar-refractivity contribution is 6.51. The fourth-order valence-corrected chi connectivity index (χ4v) is 3.54. The highest BCUT2D eigenvalue weighted by Gasteiger charge is 2.39. The van der Waals surface area contributed by atoms with E-state index in [9.17, 15) is 4.79 Å². The summed E-state index contributed by atoms with van der Waals surface area (Å²) in [7, 11) is 0. The number of hydrogen-bond acceptors (Lipinski definition) is 1. The molecule has 1 aliphatic rings. The molecule has 0 saturated heterocycles. The molecule has 1 nitrogen and oxygen atoms in total. The highest BCUT2D eigenvalue weighted by Crippen LogP contribution is 2.45. The van der Waals surface area contributed by atoms with Gasteiger partial charge in [-0.3, -0.25) is 4.79 Å². The van der Waals surface area contributed by atoms with Crippen LogP contribution in [0.2, 0.25) is 20.1 Å². The van der Waals surface area contributed by atoms with E-state index >= 15 is 0 Å². The van der Waals surface area contributed by atoms with E-state index in [2.05, 4.69) is 0 Å². The van der Waals surface area contributed by atoms with Gasteiger partial charge in [-0.15, -0.1) is 0 Å². The molecule has 0 unspecified atom stereocenters. The van der Waals surface area contributed by atoms with Crippen molar-refractivity contribution < 1.29 is 4.79 Å². The number of carbonyl (C=O) groups is 1. The Morgan fingerprint density at radius 1 is 1.06 bits per heavy atom. The molecule has 0 aromatic heterocycles. The largest absolute Gasteiger partial charge is 0.293 e. The van der Waals surface area contributed by atoms with Gasteiger partial charge in [-0.1, -0.05) is 66.2 Å². The van der Waals surface area contributed by atoms with Gasteiger partial charge in [-0.05, 0) is 18.9 Å². The first kappa shape index (κ1) is 14.5. The Morgan fingerprint density at radius 2 is 1.61 bits per heavy atom. The molecule has 0 radical (unpaired) electrons. The number of ketones is 1. The van der Waals surface area contributed by atoms with Crippen LogP contribution in [0.3, 0.4) is 0 Å². The average Bonchev–Trinajstić information content (AvgIpc) is 2.74. The third-order valence-electron chi connectivity index (χ3n) is 3.60. The van der Waals surface area contributed by atoms with Crippen molar-refractivity contribution in [3.63, 3.8) is 0 Å². The summed E-state index contributed by atoms with van der Waals surface area (Å²) in [5.74, 6) is -0.0337. The van der Waals surface area contributed by atoms with Crippen molar-refractivity contribution >= 4 is 52.2 Å². The topological polar surface area (TPSA) is 17.1 Å². The standard InChI is InChI=1S/C13H12Cl4O/c1-13(4-2-3-5-13)12(18)9-7(14)6-8(15)10(16)11(9)17/h6H,2-5H2,1H3. The molecule has 0 heterocycles. The van der Waals surface area contributed by atoms with Crippen LogP contribution < -0.4 is 0 Å². The predicted molar refractivity (Wildman–Crippen MR) is 77.4 cm³/mol. The van der Waals surface area contributed by atoms with Gasteiger partial charge in [0.1, 0.15) is 0 Å². The zero-order valence-corrected chi connectivity index (χ0v) is 12.8. The van der Waals surface area contributed by atoms with Gasteiger partial charge in [0, 0.05) is 5.41 Å². The second-order valence-electron chi connectivity index (χ2n) is 4.94. The molecule has 2 rings (SSSR count). The second-order valence-corrected chi connectivity index (χ2v) is 6.51. The Hall–Kier alpha value is 0.0500. The highest BCUT2D eigenvalue weighted by atomic mass is 35.5. The summed E-state index contributed by atoms with van der Waals surface area (Å²) < 4.78 is 0. The molecule has 0 spiro atoms. The van der Waals surface area contributed by atoms with Crippen LogP contribution in [0.1, 0.15) is 43.0 Å². The fraction of sp³-hybridized carbons (Fsp3) is 0.462. The Morgan fingerprint density at radius 3 is 2.17 bits per heavy atom. The minimum absolute atomic E-state index is 0.0337. The van der Waals surface area contributed by atoms with Crippen molar-refractivity contribution in [2.75, 3.05) is 0 Å². The van der Waals surface area contributed by atoms with Crippen LogP contribution in [0.25, 0.3) is 0 Å². The average molecular weight is 326 g/mol. The zero-order chi connectivity index (χ0) is 13.5. The van der Waals surface area contributed by atoms with Gasteiger partial charge < -0.3 is 0 Å². The first-order valence-corrected chi connectivity index (χ1v) is 7.26. The molecule has 0 N–H and O–H groups in total. The van der Waals surface area contributed by atoms with Crippen molar-refractivity contribution in [3.05, 3.63) is 31.7 Å². The Balaban J connectivity index is 2.52. The predicted octanol–water partition coefficient (Wildman–Crippen LogP) is 6.06. The minimum Gasteiger partial charge on any atom is -0.293 e. The van der Waals surface area contributed by atoms with Gasteiger partial charge in [-0.25, -0.2) is 0 Å². The normalized spacial score (nSPS) is 18.1. The van der Waals surface area contributed by atoms with Crippen LogP contribution in [-0.2, 0) is 0 Å². The molecule has 1 fully saturated rings. The van der Waals surface area contributed by atoms with Crippen LogP contribution in [0.4, 0.5) is 0 Å². The molecule has 98 valence electrons. The third kappa shape index (κ3) is 2.38. The summed E-state index contributed by atoms with van der Waals surface area (Å²) in [6, 6.07) is 1.48. The van der Waals surface area contributed by atoms with E-state index in [4.69, 9.17) is 46.4 Å². The molecule has 1 saturated carbocycles. The fourth-order valence-electron chi connectivity index (χ4n) is 2.46. The zero-order valence-electron chi connectivity index (χ0n) is 9.83. The Labute approximate surface area is 126 Å². The van der Waals surface area contributed by atoms with E-state index in [-0.39, 0.29) is 31.3 Å². The second kappa shape index (κ2) is 5.20. The molecule has 1 aliphatic carbocycles. The van der Waals surface area contributed by atoms with Crippen molar-refractivity contribution in [2.45, 2.75) is 32.6 Å². The number of rotatable bonds is 2. The van der Waals surface area contributed by atoms with Crippen LogP contribution in [0.5, 0.6) is 0 Å². The van der Waals surface area contributed by atoms with Crippen LogP contribution in [-0.4, -0.2) is 5.78 Å². The lowest BCUT2D eigenvalue weighted by atomic mass is 9.81. The first-order chi connectivity index (χ1) is 8.37. The van der Waals surface area contributed by atoms with Crippen LogP contribution in [0, 0.1) is 5.41 Å². The summed E-state index contributed by atoms with van der Waals surface area (Å²) in [5.41, 5.74) is -0.0816. The van der Waals surface area contributed by atoms with E-state index < -0.39 is 0 Å². The summed E-state index contributed by atoms with van der Waals surface area (Å²) in [4.78, 5) is 12.6. The maximum Gasteiger partial charge on any atom is 0.171 e. The quantitative estimate of drug-likeness (QED) is 0.367. The number of Topliss-reactive ketones (excluding diaryl/α,β-unsaturated/α-hetero) is 1. The van der Waals surface area contributed by atoms with Crippen molar-refractivity contribution in [3.8, 4) is 0 Å². The summed E-state index contributed by atoms with van der Waals surface area (Å²) in [6.07, 6.45) is 3.83. The molecule has 1 aromatic rings. The number of halogens is 4. The van der Waals surface area contributed by atoms with E-state index in [1.807, 2.05) is 6.92 Å². The Bertz CT molecular complexity index is 504. The van der Waals surface area contributed by atoms with Crippen LogP contribution >= 0.6 is 46.4 Å². The number of hydrogen-bond donors (Lipinski definition) is 0. The number of carbonyl (C=O) groups excluding carboxylic acids is 1. The van der Waals surface area contributed by atoms with Gasteiger partial charge in [0.2, 0.25) is 0 Å². The molecule has 0 bridgehead atoms. The van der Waals surface area contributed by atoms with Gasteiger partial charge >= 0.3 is 0 Å². The van der Waals surface area contributed by atoms with Crippen molar-refractivity contribution in [2.24, 2.45) is 5.41 Å². The monoisotopic (exact) mass is 324 g/mol. The molecular formula is C13H12Cl4O. The smallest absolute Gasteiger partial charge is 0.171 e. The van der Waals surface area contributed by atoms with Gasteiger partial charge in [0.25, 0.3) is 0 Å². The summed E-state index contributed by atoms with van der Waals surface area (Å²) >= 11 is 24.1. The molecule has 0 amide bonds. The first-order valence-electron chi connectivity index (χ1n) is 5.74. The Kier molecular flexibility index (Phi) is 4.18. The van der Waals surface area contributed by atoms with E-state index in [0.29, 0.717) is 5.56 Å². The van der Waals surface area contributed by atoms with Crippen LogP contribution in [0.15, 0.2) is 6.07 Å². The van der Waals surface area contributed by atoms with E-state index in [0.717, 1.165) is 25.7 Å². The van der Waals surface area contributed by atoms with Gasteiger partial charge in [-0.2, -0.15) is 0 Å². The van der Waals surface area contributed by atoms with E-state index in [1.54, 1.807) is 0 Å². The van der Waals surface area contributed by atoms with E-state index in [1.165, 1.54) is 6.07 Å². The maximum absolute atomic E-state index is 12.6. The molecule has 1 aromatic carbocycles. The molecular weight excluding hydrogens is 314 g/mol. The minimum atomic E-state index is -0.384. The molecule has 18 heavy (non-hydrogen) atoms. The lowest BCUT2D eigenvalue weighted by Crippen LogP contribution is -2.25. The van der Waals surface area contributed by atoms with Crippen molar-refractivity contribution in [1.29, 1.82) is 0 Å². The summed E-state index contributed by atoms with van der Waals surface area (Å²) in [6.45, 7) is 1.96. The maximum atomic E-state index is 12.6. The lowest BCUT2D eigenvalue weighted by Gasteiger charge is -2.23. The van der Waals surface area contributed by atoms with Gasteiger partial charge in [0.15, 0.2) is 5.78 Å².